The first kappa shape index (κ1) is 36.2. The number of ether oxygens (including phenoxy) is 3. The number of nitrogens with one attached hydrogen (secondary N) is 3. The second kappa shape index (κ2) is 15.1. The zero-order chi connectivity index (χ0) is 38.1. The Hall–Kier alpha value is -6.12. The molecule has 6 bridgehead atoms. The van der Waals surface area contributed by atoms with E-state index in [-0.39, 0.29) is 33.8 Å². The van der Waals surface area contributed by atoms with Crippen LogP contribution in [0.15, 0.2) is 54.6 Å². The molecule has 3 aromatic carbocycles. The zero-order valence-electron chi connectivity index (χ0n) is 30.3. The summed E-state index contributed by atoms with van der Waals surface area (Å²) >= 11 is 0. The Balaban J connectivity index is 1.29. The van der Waals surface area contributed by atoms with Gasteiger partial charge in [-0.2, -0.15) is 0 Å². The number of benzene rings is 3. The molecule has 0 aliphatic carbocycles. The maximum absolute atomic E-state index is 14.0. The van der Waals surface area contributed by atoms with Gasteiger partial charge in [-0.3, -0.25) is 28.8 Å². The van der Waals surface area contributed by atoms with E-state index < -0.39 is 53.6 Å². The molecular formula is C39H42N6O9. The summed E-state index contributed by atoms with van der Waals surface area (Å²) in [6.45, 7) is 0.973. The highest BCUT2D eigenvalue weighted by atomic mass is 16.5. The topological polar surface area (TPSA) is 176 Å². The van der Waals surface area contributed by atoms with Gasteiger partial charge in [-0.1, -0.05) is 0 Å². The Morgan fingerprint density at radius 2 is 0.741 bits per heavy atom. The van der Waals surface area contributed by atoms with Gasteiger partial charge in [-0.15, -0.1) is 0 Å². The lowest BCUT2D eigenvalue weighted by molar-refractivity contribution is -0.120. The molecular weight excluding hydrogens is 696 g/mol. The molecule has 0 saturated carbocycles. The predicted octanol–water partition coefficient (Wildman–Crippen LogP) is 3.76. The summed E-state index contributed by atoms with van der Waals surface area (Å²) in [4.78, 5) is 87.9. The quantitative estimate of drug-likeness (QED) is 0.362. The molecule has 3 fully saturated rings. The van der Waals surface area contributed by atoms with Gasteiger partial charge in [0.2, 0.25) is 17.7 Å². The molecule has 4 aliphatic heterocycles. The van der Waals surface area contributed by atoms with Crippen LogP contribution in [0.2, 0.25) is 0 Å². The summed E-state index contributed by atoms with van der Waals surface area (Å²) in [5, 5.41) is 8.62. The fourth-order valence-electron chi connectivity index (χ4n) is 7.81. The molecule has 0 spiro atoms. The number of hydrogen-bond acceptors (Lipinski definition) is 9. The molecule has 6 amide bonds. The van der Waals surface area contributed by atoms with Gasteiger partial charge in [-0.25, -0.2) is 0 Å². The largest absolute Gasteiger partial charge is 0.495 e. The lowest BCUT2D eigenvalue weighted by Crippen LogP contribution is -2.44. The Morgan fingerprint density at radius 1 is 0.463 bits per heavy atom. The van der Waals surface area contributed by atoms with Gasteiger partial charge >= 0.3 is 0 Å². The van der Waals surface area contributed by atoms with Crippen molar-refractivity contribution in [3.8, 4) is 17.2 Å². The first-order valence-electron chi connectivity index (χ1n) is 18.0. The third-order valence-electron chi connectivity index (χ3n) is 10.6. The van der Waals surface area contributed by atoms with Gasteiger partial charge in [0.15, 0.2) is 0 Å². The minimum absolute atomic E-state index is 0.234. The van der Waals surface area contributed by atoms with Crippen LogP contribution in [0.1, 0.15) is 69.6 Å². The average Bonchev–Trinajstić information content (AvgIpc) is 3.98. The first-order valence-corrected chi connectivity index (χ1v) is 18.0. The van der Waals surface area contributed by atoms with E-state index in [9.17, 15) is 28.8 Å². The summed E-state index contributed by atoms with van der Waals surface area (Å²) in [5.74, 6) is -1.68. The second-order valence-electron chi connectivity index (χ2n) is 13.7. The fourth-order valence-corrected chi connectivity index (χ4v) is 7.81. The molecule has 3 aromatic rings. The highest BCUT2D eigenvalue weighted by Gasteiger charge is 2.39. The van der Waals surface area contributed by atoms with Crippen LogP contribution in [0.4, 0.5) is 17.1 Å². The summed E-state index contributed by atoms with van der Waals surface area (Å²) in [6, 6.07) is 11.5. The maximum Gasteiger partial charge on any atom is 0.254 e. The third-order valence-corrected chi connectivity index (χ3v) is 10.6. The lowest BCUT2D eigenvalue weighted by atomic mass is 10.1. The van der Waals surface area contributed by atoms with Crippen molar-refractivity contribution in [3.63, 3.8) is 0 Å². The molecule has 0 radical (unpaired) electrons. The monoisotopic (exact) mass is 738 g/mol. The highest BCUT2D eigenvalue weighted by Crippen LogP contribution is 2.34. The van der Waals surface area contributed by atoms with E-state index in [1.54, 1.807) is 36.4 Å². The Kier molecular flexibility index (Phi) is 10.1. The van der Waals surface area contributed by atoms with Crippen LogP contribution in [0.3, 0.4) is 0 Å². The molecule has 15 heteroatoms. The van der Waals surface area contributed by atoms with Crippen molar-refractivity contribution >= 4 is 52.5 Å². The molecule has 15 nitrogen and oxygen atoms in total. The van der Waals surface area contributed by atoms with E-state index in [1.165, 1.54) is 54.2 Å². The van der Waals surface area contributed by atoms with Crippen LogP contribution in [-0.4, -0.2) is 109 Å². The molecule has 4 aliphatic rings. The average molecular weight is 739 g/mol. The van der Waals surface area contributed by atoms with Crippen LogP contribution < -0.4 is 30.2 Å². The van der Waals surface area contributed by atoms with E-state index in [1.807, 2.05) is 0 Å². The number of fused-ring (bicyclic) bond motifs is 9. The summed E-state index contributed by atoms with van der Waals surface area (Å²) in [7, 11) is 4.33. The molecule has 3 N–H and O–H groups in total. The third kappa shape index (κ3) is 6.76. The van der Waals surface area contributed by atoms with Crippen LogP contribution in [-0.2, 0) is 14.4 Å². The van der Waals surface area contributed by atoms with Crippen molar-refractivity contribution < 1.29 is 43.0 Å². The molecule has 0 unspecified atom stereocenters. The number of amides is 6. The zero-order valence-corrected chi connectivity index (χ0v) is 30.3. The number of carbonyl (C=O) groups is 6. The van der Waals surface area contributed by atoms with Crippen molar-refractivity contribution in [1.29, 1.82) is 0 Å². The highest BCUT2D eigenvalue weighted by molar-refractivity contribution is 6.07. The van der Waals surface area contributed by atoms with Crippen molar-refractivity contribution in [3.05, 3.63) is 71.3 Å². The van der Waals surface area contributed by atoms with Crippen LogP contribution in [0, 0.1) is 0 Å². The first-order chi connectivity index (χ1) is 26.1. The summed E-state index contributed by atoms with van der Waals surface area (Å²) in [5.41, 5.74) is 1.42. The molecule has 3 saturated heterocycles. The van der Waals surface area contributed by atoms with Gasteiger partial charge in [-0.05, 0) is 93.1 Å². The van der Waals surface area contributed by atoms with Gasteiger partial charge in [0.05, 0.1) is 38.4 Å². The minimum Gasteiger partial charge on any atom is -0.495 e. The SMILES string of the molecule is COc1ccc2cc1NC(=O)[C@@H]1CCCN1C(=O)c1ccc(OC)c(c1)NC(=O)[C@@H]1CCCN1C(=O)c1ccc(OC)c(c1)NC(=O)[C@@H]1CCCN1C2=O. The number of nitrogens with zero attached hydrogens (tertiary/aromatic N) is 3. The van der Waals surface area contributed by atoms with Crippen LogP contribution in [0.25, 0.3) is 0 Å². The Morgan fingerprint density at radius 3 is 1.00 bits per heavy atom. The van der Waals surface area contributed by atoms with Crippen molar-refractivity contribution in [1.82, 2.24) is 14.7 Å². The van der Waals surface area contributed by atoms with E-state index in [4.69, 9.17) is 14.2 Å². The van der Waals surface area contributed by atoms with Gasteiger partial charge in [0.1, 0.15) is 35.4 Å². The lowest BCUT2D eigenvalue weighted by Gasteiger charge is -2.27. The van der Waals surface area contributed by atoms with E-state index in [0.29, 0.717) is 75.4 Å². The van der Waals surface area contributed by atoms with Crippen LogP contribution >= 0.6 is 0 Å². The van der Waals surface area contributed by atoms with E-state index in [2.05, 4.69) is 16.0 Å². The fraction of sp³-hybridized carbons (Fsp3) is 0.385. The standard InChI is InChI=1S/C39H42N6O9/c1-52-31-13-10-22-19-25(31)40-34(46)28-7-4-16-43(28)38(50)23-11-14-32(53-2)26(20-23)42-36(48)30-9-6-18-45(30)39(51)24-12-15-33(54-3)27(21-24)41-35(47)29-8-5-17-44(29)37(22)49/h10-15,19-21,28-30H,4-9,16-18H2,1-3H3,(H,40,46)(H,41,47)(H,42,48)/t28-,29-,30-/m0/s1. The molecule has 4 heterocycles. The van der Waals surface area contributed by atoms with Gasteiger partial charge in [0.25, 0.3) is 17.7 Å². The number of hydrogen-bond donors (Lipinski definition) is 3. The maximum atomic E-state index is 14.0. The number of methoxy groups -OCH3 is 3. The smallest absolute Gasteiger partial charge is 0.254 e. The number of rotatable bonds is 3. The predicted molar refractivity (Wildman–Crippen MR) is 197 cm³/mol. The molecule has 54 heavy (non-hydrogen) atoms. The summed E-state index contributed by atoms with van der Waals surface area (Å²) in [6.07, 6.45) is 2.95. The number of carbonyl (C=O) groups excluding carboxylic acids is 6. The Bertz CT molecular complexity index is 1810. The van der Waals surface area contributed by atoms with E-state index >= 15 is 0 Å². The van der Waals surface area contributed by atoms with Crippen molar-refractivity contribution in [2.75, 3.05) is 56.9 Å². The summed E-state index contributed by atoms with van der Waals surface area (Å²) < 4.78 is 16.5. The molecule has 3 atom stereocenters. The second-order valence-corrected chi connectivity index (χ2v) is 13.7. The van der Waals surface area contributed by atoms with Crippen molar-refractivity contribution in [2.45, 2.75) is 56.7 Å². The number of anilines is 3. The minimum atomic E-state index is -0.828. The molecule has 7 rings (SSSR count). The van der Waals surface area contributed by atoms with Crippen LogP contribution in [0.5, 0.6) is 17.2 Å². The normalized spacial score (nSPS) is 22.1. The molecule has 0 aromatic heterocycles. The van der Waals surface area contributed by atoms with Gasteiger partial charge in [0, 0.05) is 36.3 Å². The van der Waals surface area contributed by atoms with Gasteiger partial charge < -0.3 is 44.9 Å². The van der Waals surface area contributed by atoms with E-state index in [0.717, 1.165) is 0 Å². The Labute approximate surface area is 311 Å². The van der Waals surface area contributed by atoms with Crippen molar-refractivity contribution in [2.24, 2.45) is 0 Å². The molecule has 282 valence electrons.